The molecule has 0 aliphatic heterocycles. The zero-order valence-electron chi connectivity index (χ0n) is 10.7. The second-order valence-corrected chi connectivity index (χ2v) is 5.83. The number of aromatic nitrogens is 2. The molecule has 0 atom stereocenters. The average molecular weight is 295 g/mol. The number of sulfonamides is 1. The van der Waals surface area contributed by atoms with E-state index in [1.54, 1.807) is 0 Å². The van der Waals surface area contributed by atoms with Crippen LogP contribution in [0.1, 0.15) is 23.2 Å². The molecule has 0 aliphatic carbocycles. The number of ketones is 1. The van der Waals surface area contributed by atoms with Crippen LogP contribution in [0, 0.1) is 0 Å². The minimum atomic E-state index is -3.61. The Bertz CT molecular complexity index is 678. The molecule has 0 amide bonds. The van der Waals surface area contributed by atoms with E-state index in [0.29, 0.717) is 17.9 Å². The molecule has 1 aromatic heterocycles. The summed E-state index contributed by atoms with van der Waals surface area (Å²) in [5.41, 5.74) is 0.467. The molecule has 106 valence electrons. The highest BCUT2D eigenvalue weighted by Gasteiger charge is 2.14. The van der Waals surface area contributed by atoms with Crippen molar-refractivity contribution in [3.8, 4) is 0 Å². The van der Waals surface area contributed by atoms with Crippen molar-refractivity contribution < 1.29 is 17.7 Å². The number of rotatable bonds is 6. The van der Waals surface area contributed by atoms with Crippen LogP contribution in [0.2, 0.25) is 0 Å². The first kappa shape index (κ1) is 14.4. The maximum Gasteiger partial charge on any atom is 0.240 e. The normalized spacial score (nSPS) is 11.4. The average Bonchev–Trinajstić information content (AvgIpc) is 2.92. The molecule has 2 rings (SSSR count). The SMILES string of the molecule is CC(=O)c1ccc(S(=O)(=O)NCCc2ncno2)cc1. The number of Topliss-reactive ketones (excluding diaryl/α,β-unsaturated/α-hetero) is 1. The summed E-state index contributed by atoms with van der Waals surface area (Å²) in [6.45, 7) is 1.57. The number of carbonyl (C=O) groups excluding carboxylic acids is 1. The van der Waals surface area contributed by atoms with Gasteiger partial charge < -0.3 is 4.52 Å². The quantitative estimate of drug-likeness (QED) is 0.791. The number of nitrogens with zero attached hydrogens (tertiary/aromatic N) is 2. The Morgan fingerprint density at radius 3 is 2.55 bits per heavy atom. The van der Waals surface area contributed by atoms with Gasteiger partial charge >= 0.3 is 0 Å². The predicted octanol–water partition coefficient (Wildman–Crippen LogP) is 0.793. The summed E-state index contributed by atoms with van der Waals surface area (Å²) < 4.78 is 31.1. The van der Waals surface area contributed by atoms with Crippen LogP contribution in [0.25, 0.3) is 0 Å². The smallest absolute Gasteiger partial charge is 0.240 e. The van der Waals surface area contributed by atoms with Crippen molar-refractivity contribution in [3.05, 3.63) is 42.0 Å². The third kappa shape index (κ3) is 3.49. The molecule has 0 spiro atoms. The van der Waals surface area contributed by atoms with E-state index in [-0.39, 0.29) is 17.2 Å². The minimum absolute atomic E-state index is 0.105. The largest absolute Gasteiger partial charge is 0.340 e. The van der Waals surface area contributed by atoms with Crippen LogP contribution in [-0.2, 0) is 16.4 Å². The third-order valence-corrected chi connectivity index (χ3v) is 4.09. The van der Waals surface area contributed by atoms with Gasteiger partial charge in [-0.1, -0.05) is 17.3 Å². The number of carbonyl (C=O) groups is 1. The van der Waals surface area contributed by atoms with Crippen LogP contribution in [0.15, 0.2) is 40.0 Å². The topological polar surface area (TPSA) is 102 Å². The molecule has 1 aromatic carbocycles. The van der Waals surface area contributed by atoms with E-state index in [1.807, 2.05) is 0 Å². The first-order valence-corrected chi connectivity index (χ1v) is 7.33. The van der Waals surface area contributed by atoms with Gasteiger partial charge in [0.15, 0.2) is 12.1 Å². The highest BCUT2D eigenvalue weighted by atomic mass is 32.2. The van der Waals surface area contributed by atoms with Crippen molar-refractivity contribution in [2.45, 2.75) is 18.2 Å². The molecule has 1 N–H and O–H groups in total. The third-order valence-electron chi connectivity index (χ3n) is 2.61. The Morgan fingerprint density at radius 2 is 2.00 bits per heavy atom. The minimum Gasteiger partial charge on any atom is -0.340 e. The van der Waals surface area contributed by atoms with E-state index in [4.69, 9.17) is 4.52 Å². The fourth-order valence-corrected chi connectivity index (χ4v) is 2.58. The second kappa shape index (κ2) is 5.93. The van der Waals surface area contributed by atoms with Gasteiger partial charge in [-0.25, -0.2) is 13.1 Å². The summed E-state index contributed by atoms with van der Waals surface area (Å²) in [5, 5.41) is 3.43. The molecule has 0 bridgehead atoms. The van der Waals surface area contributed by atoms with Crippen LogP contribution >= 0.6 is 0 Å². The van der Waals surface area contributed by atoms with Crippen molar-refractivity contribution in [2.75, 3.05) is 6.54 Å². The van der Waals surface area contributed by atoms with E-state index in [1.165, 1.54) is 37.5 Å². The van der Waals surface area contributed by atoms with Crippen molar-refractivity contribution in [3.63, 3.8) is 0 Å². The molecule has 0 radical (unpaired) electrons. The number of nitrogens with one attached hydrogen (secondary N) is 1. The zero-order chi connectivity index (χ0) is 14.6. The molecular weight excluding hydrogens is 282 g/mol. The summed E-state index contributed by atoms with van der Waals surface area (Å²) in [6, 6.07) is 5.75. The van der Waals surface area contributed by atoms with Gasteiger partial charge in [0, 0.05) is 18.5 Å². The summed E-state index contributed by atoms with van der Waals surface area (Å²) >= 11 is 0. The summed E-state index contributed by atoms with van der Waals surface area (Å²) in [7, 11) is -3.61. The summed E-state index contributed by atoms with van der Waals surface area (Å²) in [4.78, 5) is 15.0. The summed E-state index contributed by atoms with van der Waals surface area (Å²) in [6.07, 6.45) is 1.56. The molecule has 8 heteroatoms. The lowest BCUT2D eigenvalue weighted by molar-refractivity contribution is 0.101. The standard InChI is InChI=1S/C12H13N3O4S/c1-9(16)10-2-4-11(5-3-10)20(17,18)15-7-6-12-13-8-14-19-12/h2-5,8,15H,6-7H2,1H3. The van der Waals surface area contributed by atoms with Crippen LogP contribution in [0.3, 0.4) is 0 Å². The van der Waals surface area contributed by atoms with Crippen molar-refractivity contribution in [1.29, 1.82) is 0 Å². The van der Waals surface area contributed by atoms with E-state index in [9.17, 15) is 13.2 Å². The Morgan fingerprint density at radius 1 is 1.30 bits per heavy atom. The fraction of sp³-hybridized carbons (Fsp3) is 0.250. The molecule has 20 heavy (non-hydrogen) atoms. The Hall–Kier alpha value is -2.06. The van der Waals surface area contributed by atoms with Gasteiger partial charge in [0.1, 0.15) is 0 Å². The maximum atomic E-state index is 12.0. The molecule has 2 aromatic rings. The summed E-state index contributed by atoms with van der Waals surface area (Å²) in [5.74, 6) is 0.248. The van der Waals surface area contributed by atoms with E-state index >= 15 is 0 Å². The highest BCUT2D eigenvalue weighted by molar-refractivity contribution is 7.89. The van der Waals surface area contributed by atoms with E-state index in [0.717, 1.165) is 0 Å². The van der Waals surface area contributed by atoms with Gasteiger partial charge in [0.05, 0.1) is 4.90 Å². The molecule has 1 heterocycles. The van der Waals surface area contributed by atoms with Gasteiger partial charge in [-0.3, -0.25) is 4.79 Å². The molecule has 7 nitrogen and oxygen atoms in total. The molecule has 0 unspecified atom stereocenters. The Kier molecular flexibility index (Phi) is 4.26. The highest BCUT2D eigenvalue weighted by Crippen LogP contribution is 2.11. The fourth-order valence-electron chi connectivity index (χ4n) is 1.55. The molecule has 0 aliphatic rings. The van der Waals surface area contributed by atoms with E-state index < -0.39 is 10.0 Å². The maximum absolute atomic E-state index is 12.0. The van der Waals surface area contributed by atoms with Crippen LogP contribution in [0.4, 0.5) is 0 Å². The molecule has 0 fully saturated rings. The van der Waals surface area contributed by atoms with Gasteiger partial charge in [-0.15, -0.1) is 0 Å². The molecule has 0 saturated carbocycles. The zero-order valence-corrected chi connectivity index (χ0v) is 11.6. The van der Waals surface area contributed by atoms with Gasteiger partial charge in [-0.2, -0.15) is 4.98 Å². The van der Waals surface area contributed by atoms with Crippen LogP contribution in [0.5, 0.6) is 0 Å². The number of hydrogen-bond acceptors (Lipinski definition) is 6. The van der Waals surface area contributed by atoms with Gasteiger partial charge in [0.2, 0.25) is 15.9 Å². The number of benzene rings is 1. The van der Waals surface area contributed by atoms with Gasteiger partial charge in [0.25, 0.3) is 0 Å². The molecular formula is C12H13N3O4S. The monoisotopic (exact) mass is 295 g/mol. The first-order valence-electron chi connectivity index (χ1n) is 5.85. The molecule has 0 saturated heterocycles. The van der Waals surface area contributed by atoms with E-state index in [2.05, 4.69) is 14.9 Å². The second-order valence-electron chi connectivity index (χ2n) is 4.06. The van der Waals surface area contributed by atoms with Crippen LogP contribution < -0.4 is 4.72 Å². The van der Waals surface area contributed by atoms with Crippen molar-refractivity contribution >= 4 is 15.8 Å². The predicted molar refractivity (Wildman–Crippen MR) is 69.6 cm³/mol. The Balaban J connectivity index is 2.00. The van der Waals surface area contributed by atoms with Crippen LogP contribution in [-0.4, -0.2) is 30.9 Å². The van der Waals surface area contributed by atoms with Gasteiger partial charge in [-0.05, 0) is 19.1 Å². The lowest BCUT2D eigenvalue weighted by Crippen LogP contribution is -2.26. The van der Waals surface area contributed by atoms with Crippen molar-refractivity contribution in [1.82, 2.24) is 14.9 Å². The lowest BCUT2D eigenvalue weighted by atomic mass is 10.2. The lowest BCUT2D eigenvalue weighted by Gasteiger charge is -2.06. The van der Waals surface area contributed by atoms with Crippen molar-refractivity contribution in [2.24, 2.45) is 0 Å². The number of hydrogen-bond donors (Lipinski definition) is 1. The Labute approximate surface area is 116 Å². The first-order chi connectivity index (χ1) is 9.49.